The zero-order valence-electron chi connectivity index (χ0n) is 9.98. The van der Waals surface area contributed by atoms with Crippen LogP contribution in [-0.2, 0) is 12.8 Å². The molecule has 2 nitrogen and oxygen atoms in total. The zero-order chi connectivity index (χ0) is 11.4. The highest BCUT2D eigenvalue weighted by Gasteiger charge is 2.13. The van der Waals surface area contributed by atoms with Crippen LogP contribution in [0.25, 0.3) is 6.08 Å². The summed E-state index contributed by atoms with van der Waals surface area (Å²) in [4.78, 5) is 14.5. The van der Waals surface area contributed by atoms with Gasteiger partial charge in [0.1, 0.15) is 0 Å². The largest absolute Gasteiger partial charge is 0.326 e. The molecule has 0 bridgehead atoms. The Labute approximate surface area is 91.0 Å². The molecule has 1 N–H and O–H groups in total. The van der Waals surface area contributed by atoms with Crippen molar-refractivity contribution in [1.82, 2.24) is 4.98 Å². The van der Waals surface area contributed by atoms with E-state index >= 15 is 0 Å². The van der Waals surface area contributed by atoms with Crippen molar-refractivity contribution in [2.45, 2.75) is 40.5 Å². The summed E-state index contributed by atoms with van der Waals surface area (Å²) in [5, 5.41) is 0. The van der Waals surface area contributed by atoms with Gasteiger partial charge in [0.2, 0.25) is 0 Å². The highest BCUT2D eigenvalue weighted by Crippen LogP contribution is 2.21. The van der Waals surface area contributed by atoms with Gasteiger partial charge in [0.25, 0.3) is 5.56 Å². The maximum atomic E-state index is 11.5. The van der Waals surface area contributed by atoms with Crippen molar-refractivity contribution >= 4 is 6.08 Å². The highest BCUT2D eigenvalue weighted by molar-refractivity contribution is 5.63. The van der Waals surface area contributed by atoms with Gasteiger partial charge in [-0.05, 0) is 30.9 Å². The minimum atomic E-state index is 0.0856. The summed E-state index contributed by atoms with van der Waals surface area (Å²) >= 11 is 0. The highest BCUT2D eigenvalue weighted by atomic mass is 16.1. The molecular weight excluding hydrogens is 186 g/mol. The molecule has 0 radical (unpaired) electrons. The van der Waals surface area contributed by atoms with Crippen molar-refractivity contribution in [1.29, 1.82) is 0 Å². The van der Waals surface area contributed by atoms with Gasteiger partial charge in [0, 0.05) is 11.3 Å². The summed E-state index contributed by atoms with van der Waals surface area (Å²) < 4.78 is 0. The van der Waals surface area contributed by atoms with Crippen LogP contribution >= 0.6 is 0 Å². The number of H-pyrrole nitrogens is 1. The first-order chi connectivity index (χ1) is 7.24. The molecule has 1 heterocycles. The summed E-state index contributed by atoms with van der Waals surface area (Å²) in [6.07, 6.45) is 5.78. The SMILES string of the molecule is CC.CCc1[nH]c(=O)c2c(c1C)C=CC2. The van der Waals surface area contributed by atoms with E-state index in [9.17, 15) is 4.79 Å². The van der Waals surface area contributed by atoms with E-state index in [-0.39, 0.29) is 5.56 Å². The van der Waals surface area contributed by atoms with E-state index in [1.165, 1.54) is 5.56 Å². The number of aryl methyl sites for hydroxylation is 1. The molecule has 0 fully saturated rings. The van der Waals surface area contributed by atoms with Crippen molar-refractivity contribution in [2.24, 2.45) is 0 Å². The van der Waals surface area contributed by atoms with Crippen molar-refractivity contribution in [2.75, 3.05) is 0 Å². The van der Waals surface area contributed by atoms with Crippen molar-refractivity contribution in [3.63, 3.8) is 0 Å². The third-order valence-electron chi connectivity index (χ3n) is 2.68. The fourth-order valence-electron chi connectivity index (χ4n) is 1.89. The first-order valence-electron chi connectivity index (χ1n) is 5.65. The molecule has 0 spiro atoms. The first-order valence-corrected chi connectivity index (χ1v) is 5.65. The van der Waals surface area contributed by atoms with Gasteiger partial charge in [-0.2, -0.15) is 0 Å². The van der Waals surface area contributed by atoms with Crippen LogP contribution in [0.2, 0.25) is 0 Å². The maximum Gasteiger partial charge on any atom is 0.252 e. The number of aromatic amines is 1. The number of fused-ring (bicyclic) bond motifs is 1. The summed E-state index contributed by atoms with van der Waals surface area (Å²) in [6.45, 7) is 8.13. The zero-order valence-corrected chi connectivity index (χ0v) is 9.98. The first kappa shape index (κ1) is 11.8. The molecule has 1 aliphatic carbocycles. The second kappa shape index (κ2) is 4.96. The van der Waals surface area contributed by atoms with Crippen molar-refractivity contribution < 1.29 is 0 Å². The summed E-state index contributed by atoms with van der Waals surface area (Å²) in [7, 11) is 0. The monoisotopic (exact) mass is 205 g/mol. The Bertz CT molecular complexity index is 427. The molecule has 82 valence electrons. The lowest BCUT2D eigenvalue weighted by Crippen LogP contribution is -2.16. The molecule has 0 unspecified atom stereocenters. The van der Waals surface area contributed by atoms with E-state index in [1.54, 1.807) is 0 Å². The fraction of sp³-hybridized carbons (Fsp3) is 0.462. The van der Waals surface area contributed by atoms with E-state index < -0.39 is 0 Å². The molecule has 0 saturated heterocycles. The number of pyridine rings is 1. The maximum absolute atomic E-state index is 11.5. The van der Waals surface area contributed by atoms with E-state index in [0.29, 0.717) is 0 Å². The van der Waals surface area contributed by atoms with Gasteiger partial charge in [0.05, 0.1) is 0 Å². The molecule has 1 aromatic rings. The van der Waals surface area contributed by atoms with Crippen LogP contribution in [0.4, 0.5) is 0 Å². The van der Waals surface area contributed by atoms with E-state index in [2.05, 4.69) is 24.9 Å². The van der Waals surface area contributed by atoms with E-state index in [4.69, 9.17) is 0 Å². The van der Waals surface area contributed by atoms with Gasteiger partial charge in [-0.25, -0.2) is 0 Å². The minimum absolute atomic E-state index is 0.0856. The Kier molecular flexibility index (Phi) is 3.89. The van der Waals surface area contributed by atoms with Crippen LogP contribution in [-0.4, -0.2) is 4.98 Å². The number of nitrogens with one attached hydrogen (secondary N) is 1. The smallest absolute Gasteiger partial charge is 0.252 e. The molecule has 2 rings (SSSR count). The average molecular weight is 205 g/mol. The number of rotatable bonds is 1. The molecule has 1 aromatic heterocycles. The molecular formula is C13H19NO. The van der Waals surface area contributed by atoms with Crippen LogP contribution < -0.4 is 5.56 Å². The summed E-state index contributed by atoms with van der Waals surface area (Å²) in [5.74, 6) is 0. The minimum Gasteiger partial charge on any atom is -0.326 e. The quantitative estimate of drug-likeness (QED) is 0.751. The third kappa shape index (κ3) is 2.04. The van der Waals surface area contributed by atoms with Gasteiger partial charge in [0.15, 0.2) is 0 Å². The van der Waals surface area contributed by atoms with Crippen LogP contribution in [0.15, 0.2) is 10.9 Å². The molecule has 0 amide bonds. The standard InChI is InChI=1S/C11H13NO.C2H6/c1-3-10-7(2)8-5-4-6-9(8)11(13)12-10;1-2/h4-5H,3,6H2,1-2H3,(H,12,13);1-2H3. The number of allylic oxidation sites excluding steroid dienone is 1. The van der Waals surface area contributed by atoms with Gasteiger partial charge in [-0.3, -0.25) is 4.79 Å². The third-order valence-corrected chi connectivity index (χ3v) is 2.68. The lowest BCUT2D eigenvalue weighted by Gasteiger charge is -2.07. The van der Waals surface area contributed by atoms with Crippen molar-refractivity contribution in [3.8, 4) is 0 Å². The fourth-order valence-corrected chi connectivity index (χ4v) is 1.89. The van der Waals surface area contributed by atoms with Gasteiger partial charge < -0.3 is 4.98 Å². The Morgan fingerprint density at radius 2 is 2.07 bits per heavy atom. The van der Waals surface area contributed by atoms with Crippen LogP contribution in [0.1, 0.15) is 43.2 Å². The predicted molar refractivity (Wildman–Crippen MR) is 65.3 cm³/mol. The molecule has 1 aliphatic rings. The number of aromatic nitrogens is 1. The Hall–Kier alpha value is -1.31. The summed E-state index contributed by atoms with van der Waals surface area (Å²) in [5.41, 5.74) is 4.44. The number of hydrogen-bond donors (Lipinski definition) is 1. The Morgan fingerprint density at radius 3 is 2.67 bits per heavy atom. The number of hydrogen-bond acceptors (Lipinski definition) is 1. The van der Waals surface area contributed by atoms with Crippen LogP contribution in [0.3, 0.4) is 0 Å². The lowest BCUT2D eigenvalue weighted by molar-refractivity contribution is 0.965. The molecule has 0 atom stereocenters. The normalized spacial score (nSPS) is 12.0. The average Bonchev–Trinajstić information content (AvgIpc) is 2.76. The second-order valence-corrected chi connectivity index (χ2v) is 3.41. The topological polar surface area (TPSA) is 32.9 Å². The second-order valence-electron chi connectivity index (χ2n) is 3.41. The Morgan fingerprint density at radius 1 is 1.40 bits per heavy atom. The van der Waals surface area contributed by atoms with Gasteiger partial charge in [-0.15, -0.1) is 0 Å². The van der Waals surface area contributed by atoms with Crippen LogP contribution in [0, 0.1) is 6.92 Å². The molecule has 0 aromatic carbocycles. The summed E-state index contributed by atoms with van der Waals surface area (Å²) in [6, 6.07) is 0. The van der Waals surface area contributed by atoms with Crippen molar-refractivity contribution in [3.05, 3.63) is 38.8 Å². The van der Waals surface area contributed by atoms with Gasteiger partial charge in [-0.1, -0.05) is 32.9 Å². The van der Waals surface area contributed by atoms with E-state index in [0.717, 1.165) is 29.7 Å². The molecule has 15 heavy (non-hydrogen) atoms. The van der Waals surface area contributed by atoms with E-state index in [1.807, 2.05) is 19.9 Å². The van der Waals surface area contributed by atoms with Crippen LogP contribution in [0.5, 0.6) is 0 Å². The molecule has 0 aliphatic heterocycles. The molecule has 2 heteroatoms. The Balaban J connectivity index is 0.000000531. The predicted octanol–water partition coefficient (Wildman–Crippen LogP) is 2.84. The lowest BCUT2D eigenvalue weighted by atomic mass is 10.0. The van der Waals surface area contributed by atoms with Gasteiger partial charge >= 0.3 is 0 Å². The molecule has 0 saturated carbocycles.